The molecular weight excluding hydrogens is 232 g/mol. The SMILES string of the molecule is COc1ccc2oc(C3CC(OC)CN3)nc2c1. The van der Waals surface area contributed by atoms with Crippen LogP contribution in [-0.4, -0.2) is 31.9 Å². The second-order valence-electron chi connectivity index (χ2n) is 4.44. The molecule has 1 aliphatic rings. The summed E-state index contributed by atoms with van der Waals surface area (Å²) in [5.41, 5.74) is 1.61. The molecular formula is C13H16N2O3. The molecule has 0 amide bonds. The first-order chi connectivity index (χ1) is 8.80. The number of hydrogen-bond donors (Lipinski definition) is 1. The molecule has 1 aromatic carbocycles. The summed E-state index contributed by atoms with van der Waals surface area (Å²) in [6.45, 7) is 0.837. The Balaban J connectivity index is 1.89. The van der Waals surface area contributed by atoms with E-state index >= 15 is 0 Å². The molecule has 0 radical (unpaired) electrons. The van der Waals surface area contributed by atoms with Gasteiger partial charge in [-0.3, -0.25) is 0 Å². The lowest BCUT2D eigenvalue weighted by molar-refractivity contribution is 0.116. The lowest BCUT2D eigenvalue weighted by Crippen LogP contribution is -2.16. The number of nitrogens with zero attached hydrogens (tertiary/aromatic N) is 1. The third-order valence-electron chi connectivity index (χ3n) is 3.33. The van der Waals surface area contributed by atoms with Crippen molar-refractivity contribution in [1.29, 1.82) is 0 Å². The van der Waals surface area contributed by atoms with Crippen molar-refractivity contribution in [2.75, 3.05) is 20.8 Å². The molecule has 0 bridgehead atoms. The lowest BCUT2D eigenvalue weighted by atomic mass is 10.2. The third-order valence-corrected chi connectivity index (χ3v) is 3.33. The summed E-state index contributed by atoms with van der Waals surface area (Å²) in [5.74, 6) is 1.51. The molecule has 2 atom stereocenters. The summed E-state index contributed by atoms with van der Waals surface area (Å²) in [6.07, 6.45) is 1.13. The van der Waals surface area contributed by atoms with Gasteiger partial charge >= 0.3 is 0 Å². The minimum atomic E-state index is 0.133. The largest absolute Gasteiger partial charge is 0.497 e. The quantitative estimate of drug-likeness (QED) is 0.898. The van der Waals surface area contributed by atoms with Gasteiger partial charge in [0.1, 0.15) is 11.3 Å². The Morgan fingerprint density at radius 1 is 1.39 bits per heavy atom. The maximum atomic E-state index is 5.76. The molecule has 2 heterocycles. The molecule has 1 N–H and O–H groups in total. The van der Waals surface area contributed by atoms with Crippen LogP contribution in [0.15, 0.2) is 22.6 Å². The zero-order valence-electron chi connectivity index (χ0n) is 10.5. The lowest BCUT2D eigenvalue weighted by Gasteiger charge is -2.04. The van der Waals surface area contributed by atoms with E-state index in [9.17, 15) is 0 Å². The van der Waals surface area contributed by atoms with Gasteiger partial charge in [0.2, 0.25) is 5.89 Å². The molecule has 1 aliphatic heterocycles. The van der Waals surface area contributed by atoms with Crippen molar-refractivity contribution in [2.45, 2.75) is 18.6 Å². The molecule has 2 unspecified atom stereocenters. The van der Waals surface area contributed by atoms with Gasteiger partial charge < -0.3 is 19.2 Å². The smallest absolute Gasteiger partial charge is 0.212 e. The molecule has 2 aromatic rings. The van der Waals surface area contributed by atoms with E-state index in [-0.39, 0.29) is 12.1 Å². The fourth-order valence-corrected chi connectivity index (χ4v) is 2.27. The topological polar surface area (TPSA) is 56.5 Å². The van der Waals surface area contributed by atoms with E-state index in [0.29, 0.717) is 0 Å². The molecule has 96 valence electrons. The highest BCUT2D eigenvalue weighted by atomic mass is 16.5. The van der Waals surface area contributed by atoms with E-state index in [4.69, 9.17) is 13.9 Å². The van der Waals surface area contributed by atoms with Crippen molar-refractivity contribution in [3.8, 4) is 5.75 Å². The average molecular weight is 248 g/mol. The number of benzene rings is 1. The van der Waals surface area contributed by atoms with E-state index in [1.165, 1.54) is 0 Å². The molecule has 1 aromatic heterocycles. The van der Waals surface area contributed by atoms with E-state index in [0.717, 1.165) is 35.7 Å². The average Bonchev–Trinajstić information content (AvgIpc) is 3.03. The number of nitrogens with one attached hydrogen (secondary N) is 1. The second kappa shape index (κ2) is 4.59. The standard InChI is InChI=1S/C13H16N2O3/c1-16-8-3-4-12-10(5-8)15-13(18-12)11-6-9(17-2)7-14-11/h3-5,9,11,14H,6-7H2,1-2H3. The van der Waals surface area contributed by atoms with Crippen LogP contribution in [0.3, 0.4) is 0 Å². The van der Waals surface area contributed by atoms with Crippen LogP contribution in [0.2, 0.25) is 0 Å². The number of rotatable bonds is 3. The minimum absolute atomic E-state index is 0.133. The van der Waals surface area contributed by atoms with Gasteiger partial charge in [0.25, 0.3) is 0 Å². The highest BCUT2D eigenvalue weighted by molar-refractivity contribution is 5.74. The van der Waals surface area contributed by atoms with Gasteiger partial charge in [0.15, 0.2) is 5.58 Å². The summed E-state index contributed by atoms with van der Waals surface area (Å²) >= 11 is 0. The van der Waals surface area contributed by atoms with E-state index in [1.807, 2.05) is 18.2 Å². The van der Waals surface area contributed by atoms with Crippen LogP contribution in [0.1, 0.15) is 18.4 Å². The number of hydrogen-bond acceptors (Lipinski definition) is 5. The normalized spacial score (nSPS) is 23.7. The molecule has 5 nitrogen and oxygen atoms in total. The van der Waals surface area contributed by atoms with Gasteiger partial charge in [-0.25, -0.2) is 4.98 Å². The van der Waals surface area contributed by atoms with Crippen LogP contribution in [0, 0.1) is 0 Å². The molecule has 0 spiro atoms. The van der Waals surface area contributed by atoms with Crippen LogP contribution in [0.4, 0.5) is 0 Å². The molecule has 1 saturated heterocycles. The molecule has 0 saturated carbocycles. The predicted molar refractivity (Wildman–Crippen MR) is 66.7 cm³/mol. The number of methoxy groups -OCH3 is 2. The van der Waals surface area contributed by atoms with Crippen LogP contribution >= 0.6 is 0 Å². The van der Waals surface area contributed by atoms with E-state index < -0.39 is 0 Å². The summed E-state index contributed by atoms with van der Waals surface area (Å²) in [6, 6.07) is 5.77. The maximum absolute atomic E-state index is 5.76. The molecule has 0 aliphatic carbocycles. The Kier molecular flexibility index (Phi) is 2.93. The zero-order valence-corrected chi connectivity index (χ0v) is 10.5. The fourth-order valence-electron chi connectivity index (χ4n) is 2.27. The van der Waals surface area contributed by atoms with Crippen LogP contribution < -0.4 is 10.1 Å². The first kappa shape index (κ1) is 11.5. The summed E-state index contributed by atoms with van der Waals surface area (Å²) < 4.78 is 16.3. The van der Waals surface area contributed by atoms with Gasteiger partial charge in [0.05, 0.1) is 19.3 Å². The van der Waals surface area contributed by atoms with E-state index in [1.54, 1.807) is 14.2 Å². The number of oxazole rings is 1. The van der Waals surface area contributed by atoms with Gasteiger partial charge in [-0.15, -0.1) is 0 Å². The Hall–Kier alpha value is -1.59. The summed E-state index contributed by atoms with van der Waals surface area (Å²) in [7, 11) is 3.37. The van der Waals surface area contributed by atoms with Crippen LogP contribution in [0.25, 0.3) is 11.1 Å². The fraction of sp³-hybridized carbons (Fsp3) is 0.462. The van der Waals surface area contributed by atoms with Crippen molar-refractivity contribution in [3.63, 3.8) is 0 Å². The predicted octanol–water partition coefficient (Wildman–Crippen LogP) is 1.89. The van der Waals surface area contributed by atoms with Gasteiger partial charge in [-0.05, 0) is 18.6 Å². The Morgan fingerprint density at radius 3 is 3.00 bits per heavy atom. The van der Waals surface area contributed by atoms with Gasteiger partial charge in [0, 0.05) is 19.7 Å². The number of ether oxygens (including phenoxy) is 2. The van der Waals surface area contributed by atoms with Crippen molar-refractivity contribution in [1.82, 2.24) is 10.3 Å². The van der Waals surface area contributed by atoms with Crippen molar-refractivity contribution >= 4 is 11.1 Å². The molecule has 3 rings (SSSR count). The monoisotopic (exact) mass is 248 g/mol. The highest BCUT2D eigenvalue weighted by Crippen LogP contribution is 2.28. The Bertz CT molecular complexity index is 552. The van der Waals surface area contributed by atoms with E-state index in [2.05, 4.69) is 10.3 Å². The van der Waals surface area contributed by atoms with Crippen molar-refractivity contribution in [2.24, 2.45) is 0 Å². The summed E-state index contributed by atoms with van der Waals surface area (Å²) in [4.78, 5) is 4.51. The number of fused-ring (bicyclic) bond motifs is 1. The molecule has 18 heavy (non-hydrogen) atoms. The van der Waals surface area contributed by atoms with Gasteiger partial charge in [-0.1, -0.05) is 0 Å². The van der Waals surface area contributed by atoms with Crippen molar-refractivity contribution in [3.05, 3.63) is 24.1 Å². The maximum Gasteiger partial charge on any atom is 0.212 e. The van der Waals surface area contributed by atoms with Crippen LogP contribution in [-0.2, 0) is 4.74 Å². The second-order valence-corrected chi connectivity index (χ2v) is 4.44. The highest BCUT2D eigenvalue weighted by Gasteiger charge is 2.28. The van der Waals surface area contributed by atoms with Gasteiger partial charge in [-0.2, -0.15) is 0 Å². The molecule has 1 fully saturated rings. The zero-order chi connectivity index (χ0) is 12.5. The van der Waals surface area contributed by atoms with Crippen molar-refractivity contribution < 1.29 is 13.9 Å². The number of aromatic nitrogens is 1. The first-order valence-corrected chi connectivity index (χ1v) is 6.01. The Labute approximate surface area is 105 Å². The molecule has 5 heteroatoms. The first-order valence-electron chi connectivity index (χ1n) is 6.01. The third kappa shape index (κ3) is 1.95. The van der Waals surface area contributed by atoms with Crippen LogP contribution in [0.5, 0.6) is 5.75 Å². The minimum Gasteiger partial charge on any atom is -0.497 e. The Morgan fingerprint density at radius 2 is 2.28 bits per heavy atom. The summed E-state index contributed by atoms with van der Waals surface area (Å²) in [5, 5.41) is 3.35.